The lowest BCUT2D eigenvalue weighted by Crippen LogP contribution is -2.81. The van der Waals surface area contributed by atoms with Crippen molar-refractivity contribution in [3.63, 3.8) is 0 Å². The Balaban J connectivity index is 1.61. The average Bonchev–Trinajstić information content (AvgIpc) is 3.07. The summed E-state index contributed by atoms with van der Waals surface area (Å²) in [5.41, 5.74) is 1.16. The Morgan fingerprint density at radius 1 is 1.42 bits per heavy atom. The number of hydrogen-bond acceptors (Lipinski definition) is 4. The highest BCUT2D eigenvalue weighted by atomic mass is 35.5. The maximum atomic E-state index is 5.95. The maximum Gasteiger partial charge on any atom is 0.277 e. The van der Waals surface area contributed by atoms with Crippen molar-refractivity contribution in [2.75, 3.05) is 6.54 Å². The largest absolute Gasteiger partial charge is 0.410 e. The average molecular weight is 297 g/mol. The summed E-state index contributed by atoms with van der Waals surface area (Å²) in [6.45, 7) is 1.15. The summed E-state index contributed by atoms with van der Waals surface area (Å²) in [6.07, 6.45) is 2.35. The zero-order chi connectivity index (χ0) is 13.1. The van der Waals surface area contributed by atoms with Crippen LogP contribution in [-0.4, -0.2) is 16.7 Å². The van der Waals surface area contributed by atoms with E-state index < -0.39 is 0 Å². The highest BCUT2D eigenvalue weighted by molar-refractivity contribution is 7.98. The van der Waals surface area contributed by atoms with Crippen LogP contribution < -0.4 is 5.32 Å². The number of quaternary nitrogens is 1. The van der Waals surface area contributed by atoms with E-state index in [1.165, 1.54) is 6.42 Å². The molecule has 2 aromatic rings. The van der Waals surface area contributed by atoms with Crippen molar-refractivity contribution in [1.82, 2.24) is 10.2 Å². The van der Waals surface area contributed by atoms with Gasteiger partial charge in [0.15, 0.2) is 6.04 Å². The molecule has 6 heteroatoms. The van der Waals surface area contributed by atoms with Gasteiger partial charge in [0.2, 0.25) is 0 Å². The molecule has 0 bridgehead atoms. The second-order valence-electron chi connectivity index (χ2n) is 4.60. The van der Waals surface area contributed by atoms with E-state index in [2.05, 4.69) is 15.5 Å². The zero-order valence-corrected chi connectivity index (χ0v) is 12.0. The van der Waals surface area contributed by atoms with Gasteiger partial charge >= 0.3 is 0 Å². The number of hydrogen-bond donors (Lipinski definition) is 1. The van der Waals surface area contributed by atoms with Crippen LogP contribution in [0.3, 0.4) is 0 Å². The Bertz CT molecular complexity index is 554. The quantitative estimate of drug-likeness (QED) is 0.880. The lowest BCUT2D eigenvalue weighted by atomic mass is 10.2. The first kappa shape index (κ1) is 13.0. The van der Waals surface area contributed by atoms with Crippen molar-refractivity contribution in [1.29, 1.82) is 0 Å². The van der Waals surface area contributed by atoms with Crippen LogP contribution in [0, 0.1) is 0 Å². The van der Waals surface area contributed by atoms with Gasteiger partial charge in [0.1, 0.15) is 0 Å². The zero-order valence-electron chi connectivity index (χ0n) is 10.4. The van der Waals surface area contributed by atoms with E-state index in [0.717, 1.165) is 35.2 Å². The Labute approximate surface area is 120 Å². The number of benzene rings is 1. The van der Waals surface area contributed by atoms with Gasteiger partial charge in [-0.15, -0.1) is 10.2 Å². The first-order valence-corrected chi connectivity index (χ1v) is 7.71. The van der Waals surface area contributed by atoms with Crippen LogP contribution in [-0.2, 0) is 5.75 Å². The first-order chi connectivity index (χ1) is 9.31. The molecule has 1 aromatic carbocycles. The van der Waals surface area contributed by atoms with Crippen LogP contribution in [0.25, 0.3) is 0 Å². The van der Waals surface area contributed by atoms with E-state index in [4.69, 9.17) is 16.0 Å². The normalized spacial score (nSPS) is 18.9. The molecule has 0 saturated carbocycles. The smallest absolute Gasteiger partial charge is 0.277 e. The number of halogens is 1. The fraction of sp³-hybridized carbons (Fsp3) is 0.385. The van der Waals surface area contributed by atoms with E-state index in [9.17, 15) is 0 Å². The molecule has 3 rings (SSSR count). The second-order valence-corrected chi connectivity index (χ2v) is 5.96. The minimum atomic E-state index is 0.355. The van der Waals surface area contributed by atoms with Crippen molar-refractivity contribution in [2.24, 2.45) is 0 Å². The lowest BCUT2D eigenvalue weighted by Gasteiger charge is -2.00. The summed E-state index contributed by atoms with van der Waals surface area (Å²) in [6, 6.07) is 8.17. The highest BCUT2D eigenvalue weighted by Crippen LogP contribution is 2.25. The first-order valence-electron chi connectivity index (χ1n) is 6.35. The third kappa shape index (κ3) is 3.29. The predicted molar refractivity (Wildman–Crippen MR) is 74.1 cm³/mol. The monoisotopic (exact) mass is 296 g/mol. The lowest BCUT2D eigenvalue weighted by molar-refractivity contribution is -0.678. The summed E-state index contributed by atoms with van der Waals surface area (Å²) < 4.78 is 5.70. The maximum absolute atomic E-state index is 5.95. The fourth-order valence-electron chi connectivity index (χ4n) is 2.20. The van der Waals surface area contributed by atoms with Crippen molar-refractivity contribution >= 4 is 23.4 Å². The molecule has 1 fully saturated rings. The highest BCUT2D eigenvalue weighted by Gasteiger charge is 2.26. The molecule has 0 aliphatic carbocycles. The third-order valence-corrected chi connectivity index (χ3v) is 4.29. The molecule has 0 unspecified atom stereocenters. The number of nitrogens with zero attached hydrogens (tertiary/aromatic N) is 2. The Morgan fingerprint density at radius 2 is 2.37 bits per heavy atom. The predicted octanol–water partition coefficient (Wildman–Crippen LogP) is 2.41. The van der Waals surface area contributed by atoms with E-state index in [1.54, 1.807) is 11.8 Å². The molecule has 0 amide bonds. The van der Waals surface area contributed by atoms with E-state index in [0.29, 0.717) is 11.3 Å². The minimum Gasteiger partial charge on any atom is -0.410 e. The Morgan fingerprint density at radius 3 is 3.16 bits per heavy atom. The van der Waals surface area contributed by atoms with Crippen LogP contribution in [0.2, 0.25) is 5.02 Å². The van der Waals surface area contributed by atoms with Gasteiger partial charge in [0.05, 0.1) is 6.54 Å². The summed E-state index contributed by atoms with van der Waals surface area (Å²) in [5.74, 6) is 1.54. The summed E-state index contributed by atoms with van der Waals surface area (Å²) in [7, 11) is 0. The number of rotatable bonds is 4. The molecule has 1 aliphatic rings. The van der Waals surface area contributed by atoms with E-state index >= 15 is 0 Å². The number of thioether (sulfide) groups is 1. The van der Waals surface area contributed by atoms with Crippen LogP contribution in [0.1, 0.15) is 30.3 Å². The third-order valence-electron chi connectivity index (χ3n) is 3.16. The molecule has 2 heterocycles. The molecule has 100 valence electrons. The van der Waals surface area contributed by atoms with E-state index in [1.807, 2.05) is 24.3 Å². The van der Waals surface area contributed by atoms with Crippen LogP contribution in [0.5, 0.6) is 0 Å². The van der Waals surface area contributed by atoms with Crippen molar-refractivity contribution in [2.45, 2.75) is 29.9 Å². The van der Waals surface area contributed by atoms with Gasteiger partial charge in [-0.2, -0.15) is 0 Å². The van der Waals surface area contributed by atoms with Gasteiger partial charge < -0.3 is 9.73 Å². The van der Waals surface area contributed by atoms with Gasteiger partial charge in [-0.05, 0) is 17.7 Å². The summed E-state index contributed by atoms with van der Waals surface area (Å²) >= 11 is 7.50. The molecular formula is C13H15ClN3OS+. The molecule has 0 spiro atoms. The fourth-order valence-corrected chi connectivity index (χ4v) is 3.12. The van der Waals surface area contributed by atoms with Crippen molar-refractivity contribution in [3.05, 3.63) is 40.7 Å². The molecule has 4 nitrogen and oxygen atoms in total. The SMILES string of the molecule is Clc1cccc(CSc2nnc([C@H]3CCC[NH2+]3)o2)c1. The van der Waals surface area contributed by atoms with Gasteiger partial charge in [-0.1, -0.05) is 35.5 Å². The van der Waals surface area contributed by atoms with Crippen molar-refractivity contribution in [3.8, 4) is 0 Å². The van der Waals surface area contributed by atoms with Gasteiger partial charge in [-0.3, -0.25) is 0 Å². The minimum absolute atomic E-state index is 0.355. The van der Waals surface area contributed by atoms with E-state index in [-0.39, 0.29) is 0 Å². The topological polar surface area (TPSA) is 55.5 Å². The van der Waals surface area contributed by atoms with Crippen molar-refractivity contribution < 1.29 is 9.73 Å². The van der Waals surface area contributed by atoms with Gasteiger partial charge in [-0.25, -0.2) is 0 Å². The molecule has 0 radical (unpaired) electrons. The molecule has 1 saturated heterocycles. The summed E-state index contributed by atoms with van der Waals surface area (Å²) in [5, 5.41) is 11.9. The molecular weight excluding hydrogens is 282 g/mol. The van der Waals surface area contributed by atoms with Crippen LogP contribution in [0.4, 0.5) is 0 Å². The molecule has 1 aromatic heterocycles. The number of nitrogens with two attached hydrogens (primary N) is 1. The Kier molecular flexibility index (Phi) is 4.06. The summed E-state index contributed by atoms with van der Waals surface area (Å²) in [4.78, 5) is 0. The second kappa shape index (κ2) is 5.94. The standard InChI is InChI=1S/C13H14ClN3OS/c14-10-4-1-3-9(7-10)8-19-13-17-16-12(18-13)11-5-2-6-15-11/h1,3-4,7,11,15H,2,5-6,8H2/p+1/t11-/m1/s1. The number of aromatic nitrogens is 2. The van der Waals surface area contributed by atoms with Gasteiger partial charge in [0, 0.05) is 23.6 Å². The molecule has 1 aliphatic heterocycles. The van der Waals surface area contributed by atoms with Gasteiger partial charge in [0.25, 0.3) is 11.1 Å². The molecule has 2 N–H and O–H groups in total. The molecule has 1 atom stereocenters. The van der Waals surface area contributed by atoms with Crippen LogP contribution >= 0.6 is 23.4 Å². The Hall–Kier alpha value is -1.04. The van der Waals surface area contributed by atoms with Crippen LogP contribution in [0.15, 0.2) is 33.9 Å². The molecule has 19 heavy (non-hydrogen) atoms.